The van der Waals surface area contributed by atoms with Crippen LogP contribution in [0.2, 0.25) is 5.28 Å². The summed E-state index contributed by atoms with van der Waals surface area (Å²) in [7, 11) is 0. The van der Waals surface area contributed by atoms with Crippen molar-refractivity contribution in [2.75, 3.05) is 18.1 Å². The molecule has 164 valence electrons. The number of ether oxygens (including phenoxy) is 1. The molecule has 1 aromatic carbocycles. The van der Waals surface area contributed by atoms with Gasteiger partial charge in [0.1, 0.15) is 18.3 Å². The van der Waals surface area contributed by atoms with Crippen LogP contribution in [0, 0.1) is 0 Å². The Bertz CT molecular complexity index is 1060. The van der Waals surface area contributed by atoms with Crippen LogP contribution in [0.4, 0.5) is 5.82 Å². The van der Waals surface area contributed by atoms with Crippen LogP contribution in [0.5, 0.6) is 0 Å². The number of aliphatic hydroxyl groups is 3. The highest BCUT2D eigenvalue weighted by Crippen LogP contribution is 2.38. The van der Waals surface area contributed by atoms with Crippen LogP contribution in [0.3, 0.4) is 0 Å². The number of aliphatic hydroxyl groups excluding tert-OH is 3. The molecule has 0 aliphatic carbocycles. The number of rotatable bonds is 4. The minimum Gasteiger partial charge on any atom is -0.394 e. The smallest absolute Gasteiger partial charge is 0.226 e. The molecule has 3 aromatic rings. The second kappa shape index (κ2) is 8.33. The minimum absolute atomic E-state index is 0.0633. The van der Waals surface area contributed by atoms with Gasteiger partial charge in [-0.3, -0.25) is 4.57 Å². The molecule has 31 heavy (non-hydrogen) atoms. The molecule has 2 aliphatic heterocycles. The number of piperidine rings is 1. The number of imidazole rings is 1. The van der Waals surface area contributed by atoms with Gasteiger partial charge < -0.3 is 25.0 Å². The molecule has 2 aliphatic rings. The molecule has 0 amide bonds. The van der Waals surface area contributed by atoms with E-state index in [4.69, 9.17) is 16.3 Å². The predicted molar refractivity (Wildman–Crippen MR) is 114 cm³/mol. The van der Waals surface area contributed by atoms with E-state index >= 15 is 0 Å². The normalized spacial score (nSPS) is 29.0. The fourth-order valence-electron chi connectivity index (χ4n) is 4.58. The average molecular weight is 446 g/mol. The number of anilines is 1. The van der Waals surface area contributed by atoms with Gasteiger partial charge in [-0.25, -0.2) is 4.98 Å². The van der Waals surface area contributed by atoms with Gasteiger partial charge in [0, 0.05) is 6.54 Å². The average Bonchev–Trinajstić information content (AvgIpc) is 3.34. The quantitative estimate of drug-likeness (QED) is 0.521. The Kier molecular flexibility index (Phi) is 5.53. The number of halogens is 1. The Balaban J connectivity index is 1.58. The molecule has 2 saturated heterocycles. The van der Waals surface area contributed by atoms with E-state index in [1.165, 1.54) is 16.5 Å². The number of aromatic nitrogens is 4. The van der Waals surface area contributed by atoms with Crippen molar-refractivity contribution >= 4 is 28.6 Å². The molecule has 0 spiro atoms. The van der Waals surface area contributed by atoms with Gasteiger partial charge in [0.2, 0.25) is 5.28 Å². The first-order valence-corrected chi connectivity index (χ1v) is 10.8. The van der Waals surface area contributed by atoms with Crippen LogP contribution < -0.4 is 4.90 Å². The summed E-state index contributed by atoms with van der Waals surface area (Å²) in [6, 6.07) is 10.4. The first kappa shape index (κ1) is 20.6. The highest BCUT2D eigenvalue weighted by atomic mass is 35.5. The molecular weight excluding hydrogens is 422 g/mol. The van der Waals surface area contributed by atoms with Crippen LogP contribution in [0.1, 0.15) is 37.1 Å². The summed E-state index contributed by atoms with van der Waals surface area (Å²) in [5.74, 6) is 0.633. The van der Waals surface area contributed by atoms with E-state index < -0.39 is 31.1 Å². The van der Waals surface area contributed by atoms with Crippen molar-refractivity contribution in [3.8, 4) is 0 Å². The van der Waals surface area contributed by atoms with E-state index in [0.717, 1.165) is 25.8 Å². The Hall–Kier alpha value is -2.30. The Morgan fingerprint density at radius 3 is 2.65 bits per heavy atom. The van der Waals surface area contributed by atoms with E-state index in [0.29, 0.717) is 17.0 Å². The Morgan fingerprint density at radius 2 is 1.90 bits per heavy atom. The molecule has 4 heterocycles. The van der Waals surface area contributed by atoms with E-state index in [2.05, 4.69) is 32.0 Å². The summed E-state index contributed by atoms with van der Waals surface area (Å²) < 4.78 is 7.20. The van der Waals surface area contributed by atoms with Crippen molar-refractivity contribution in [2.45, 2.75) is 49.8 Å². The molecule has 0 radical (unpaired) electrons. The lowest BCUT2D eigenvalue weighted by Gasteiger charge is -2.37. The fourth-order valence-corrected chi connectivity index (χ4v) is 4.74. The molecule has 2 aromatic heterocycles. The van der Waals surface area contributed by atoms with Crippen molar-refractivity contribution in [1.82, 2.24) is 19.5 Å². The topological polar surface area (TPSA) is 117 Å². The maximum absolute atomic E-state index is 10.4. The lowest BCUT2D eigenvalue weighted by molar-refractivity contribution is -0.0511. The van der Waals surface area contributed by atoms with Crippen molar-refractivity contribution in [3.63, 3.8) is 0 Å². The maximum atomic E-state index is 10.4. The third-order valence-electron chi connectivity index (χ3n) is 6.13. The number of nitrogens with zero attached hydrogens (tertiary/aromatic N) is 5. The summed E-state index contributed by atoms with van der Waals surface area (Å²) in [6.45, 7) is 0.400. The largest absolute Gasteiger partial charge is 0.394 e. The zero-order valence-corrected chi connectivity index (χ0v) is 17.5. The van der Waals surface area contributed by atoms with Gasteiger partial charge in [0.25, 0.3) is 0 Å². The molecule has 2 unspecified atom stereocenters. The van der Waals surface area contributed by atoms with Gasteiger partial charge in [-0.15, -0.1) is 0 Å². The van der Waals surface area contributed by atoms with Gasteiger partial charge in [-0.2, -0.15) is 9.97 Å². The van der Waals surface area contributed by atoms with Crippen molar-refractivity contribution in [2.24, 2.45) is 0 Å². The first-order chi connectivity index (χ1) is 15.1. The van der Waals surface area contributed by atoms with Crippen LogP contribution >= 0.6 is 11.6 Å². The van der Waals surface area contributed by atoms with Crippen molar-refractivity contribution in [1.29, 1.82) is 0 Å². The third kappa shape index (κ3) is 3.56. The molecule has 0 saturated carbocycles. The van der Waals surface area contributed by atoms with Gasteiger partial charge in [0.05, 0.1) is 19.0 Å². The molecule has 5 atom stereocenters. The van der Waals surface area contributed by atoms with Crippen LogP contribution in [0.15, 0.2) is 36.7 Å². The molecular formula is C21H24ClN5O4. The molecule has 10 heteroatoms. The van der Waals surface area contributed by atoms with Crippen LogP contribution in [0.25, 0.3) is 11.2 Å². The molecule has 9 nitrogen and oxygen atoms in total. The second-order valence-corrected chi connectivity index (χ2v) is 8.32. The summed E-state index contributed by atoms with van der Waals surface area (Å²) in [4.78, 5) is 15.6. The standard InChI is InChI=1S/C21H24ClN5O4/c22-21-24-18(26-9-5-4-8-13(26)12-6-2-1-3-7-12)15-19(25-21)27(11-23-15)20-17(30)16(29)14(10-28)31-20/h1-3,6-7,11,13-14,16-17,20,28-30H,4-5,8-10H2/t13?,14-,16+,17?,20-/m1/s1. The zero-order valence-electron chi connectivity index (χ0n) is 16.8. The number of fused-ring (bicyclic) bond motifs is 1. The third-order valence-corrected chi connectivity index (χ3v) is 6.30. The van der Waals surface area contributed by atoms with Crippen molar-refractivity contribution in [3.05, 3.63) is 47.5 Å². The van der Waals surface area contributed by atoms with Crippen LogP contribution in [-0.4, -0.2) is 66.3 Å². The van der Waals surface area contributed by atoms with Gasteiger partial charge in [-0.1, -0.05) is 30.3 Å². The monoisotopic (exact) mass is 445 g/mol. The van der Waals surface area contributed by atoms with Crippen molar-refractivity contribution < 1.29 is 20.1 Å². The predicted octanol–water partition coefficient (Wildman–Crippen LogP) is 1.82. The van der Waals surface area contributed by atoms with Gasteiger partial charge in [-0.05, 0) is 36.4 Å². The number of hydrogen-bond acceptors (Lipinski definition) is 8. The number of hydrogen-bond donors (Lipinski definition) is 3. The van der Waals surface area contributed by atoms with E-state index in [1.807, 2.05) is 18.2 Å². The minimum atomic E-state index is -1.24. The molecule has 5 rings (SSSR count). The molecule has 3 N–H and O–H groups in total. The number of benzene rings is 1. The molecule has 0 bridgehead atoms. The van der Waals surface area contributed by atoms with E-state index in [1.54, 1.807) is 0 Å². The second-order valence-electron chi connectivity index (χ2n) is 7.98. The van der Waals surface area contributed by atoms with E-state index in [-0.39, 0.29) is 11.3 Å². The molecule has 2 fully saturated rings. The van der Waals surface area contributed by atoms with E-state index in [9.17, 15) is 15.3 Å². The highest BCUT2D eigenvalue weighted by Gasteiger charge is 2.44. The highest BCUT2D eigenvalue weighted by molar-refractivity contribution is 6.28. The first-order valence-electron chi connectivity index (χ1n) is 10.4. The van der Waals surface area contributed by atoms with Crippen LogP contribution in [-0.2, 0) is 4.74 Å². The lowest BCUT2D eigenvalue weighted by Crippen LogP contribution is -2.34. The van der Waals surface area contributed by atoms with Gasteiger partial charge in [0.15, 0.2) is 23.2 Å². The Morgan fingerprint density at radius 1 is 1.10 bits per heavy atom. The summed E-state index contributed by atoms with van der Waals surface area (Å²) >= 11 is 6.31. The lowest BCUT2D eigenvalue weighted by atomic mass is 9.95. The SMILES string of the molecule is OC[C@H]1O[C@@H](n2cnc3c(N4CCCCC4c4ccccc4)nc(Cl)nc32)C(O)[C@H]1O. The maximum Gasteiger partial charge on any atom is 0.226 e. The summed E-state index contributed by atoms with van der Waals surface area (Å²) in [5, 5.41) is 30.1. The zero-order chi connectivity index (χ0) is 21.5. The van der Waals surface area contributed by atoms with Gasteiger partial charge >= 0.3 is 0 Å². The Labute approximate surface area is 183 Å². The summed E-state index contributed by atoms with van der Waals surface area (Å²) in [5.41, 5.74) is 2.15. The summed E-state index contributed by atoms with van der Waals surface area (Å²) in [6.07, 6.45) is 0.356. The fraction of sp³-hybridized carbons (Fsp3) is 0.476.